The van der Waals surface area contributed by atoms with Crippen LogP contribution in [0.5, 0.6) is 5.75 Å². The van der Waals surface area contributed by atoms with E-state index in [2.05, 4.69) is 0 Å². The van der Waals surface area contributed by atoms with Crippen molar-refractivity contribution in [2.45, 2.75) is 6.92 Å². The summed E-state index contributed by atoms with van der Waals surface area (Å²) in [7, 11) is 0. The molecule has 1 aromatic carbocycles. The Morgan fingerprint density at radius 2 is 2.07 bits per heavy atom. The number of phenolic OH excluding ortho intramolecular Hbond substituents is 1. The molecular weight excluding hydrogens is 220 g/mol. The van der Waals surface area contributed by atoms with Crippen LogP contribution in [0.25, 0.3) is 11.0 Å². The predicted octanol–water partition coefficient (Wildman–Crippen LogP) is 3.83. The summed E-state index contributed by atoms with van der Waals surface area (Å²) in [6.07, 6.45) is 0. The second-order valence-corrected chi connectivity index (χ2v) is 3.86. The Bertz CT molecular complexity index is 560. The van der Waals surface area contributed by atoms with Gasteiger partial charge >= 0.3 is 0 Å². The van der Waals surface area contributed by atoms with Gasteiger partial charge in [0.05, 0.1) is 5.02 Å². The minimum Gasteiger partial charge on any atom is -0.506 e. The lowest BCUT2D eigenvalue weighted by Gasteiger charge is -2.02. The van der Waals surface area contributed by atoms with Gasteiger partial charge in [-0.15, -0.1) is 0 Å². The summed E-state index contributed by atoms with van der Waals surface area (Å²) in [5.74, 6) is 0.00270. The van der Waals surface area contributed by atoms with Gasteiger partial charge < -0.3 is 9.52 Å². The molecule has 0 spiro atoms. The van der Waals surface area contributed by atoms with Gasteiger partial charge in [-0.1, -0.05) is 11.6 Å². The van der Waals surface area contributed by atoms with Crippen LogP contribution in [0.15, 0.2) is 22.6 Å². The fourth-order valence-electron chi connectivity index (χ4n) is 1.33. The van der Waals surface area contributed by atoms with Crippen molar-refractivity contribution in [3.63, 3.8) is 0 Å². The molecule has 14 heavy (non-hydrogen) atoms. The van der Waals surface area contributed by atoms with Gasteiger partial charge in [-0.3, -0.25) is 0 Å². The normalized spacial score (nSPS) is 10.7. The third-order valence-corrected chi connectivity index (χ3v) is 2.52. The Morgan fingerprint density at radius 1 is 1.36 bits per heavy atom. The molecule has 2 aromatic rings. The molecule has 1 heterocycles. The molecule has 0 aliphatic carbocycles. The SMILES string of the molecule is Cc1cc(=S)oc2cc(O)c(Cl)cc12. The van der Waals surface area contributed by atoms with Gasteiger partial charge in [-0.2, -0.15) is 0 Å². The van der Waals surface area contributed by atoms with Gasteiger partial charge in [0, 0.05) is 11.5 Å². The van der Waals surface area contributed by atoms with Crippen molar-refractivity contribution < 1.29 is 9.52 Å². The summed E-state index contributed by atoms with van der Waals surface area (Å²) < 4.78 is 5.67. The van der Waals surface area contributed by atoms with E-state index in [9.17, 15) is 5.11 Å². The first kappa shape index (κ1) is 9.49. The topological polar surface area (TPSA) is 33.4 Å². The summed E-state index contributed by atoms with van der Waals surface area (Å²) in [6, 6.07) is 4.89. The summed E-state index contributed by atoms with van der Waals surface area (Å²) in [4.78, 5) is 0. The number of halogens is 1. The van der Waals surface area contributed by atoms with E-state index in [-0.39, 0.29) is 5.75 Å². The molecular formula is C10H7ClO2S. The summed E-state index contributed by atoms with van der Waals surface area (Å²) >= 11 is 10.7. The molecule has 0 atom stereocenters. The van der Waals surface area contributed by atoms with E-state index in [0.717, 1.165) is 10.9 Å². The minimum atomic E-state index is 0.00270. The van der Waals surface area contributed by atoms with E-state index in [1.54, 1.807) is 12.1 Å². The average molecular weight is 227 g/mol. The molecule has 0 aliphatic heterocycles. The van der Waals surface area contributed by atoms with Crippen LogP contribution in [-0.2, 0) is 0 Å². The highest BCUT2D eigenvalue weighted by Gasteiger charge is 2.05. The molecule has 0 saturated heterocycles. The number of fused-ring (bicyclic) bond motifs is 1. The lowest BCUT2D eigenvalue weighted by molar-refractivity contribution is 0.474. The van der Waals surface area contributed by atoms with Gasteiger partial charge in [-0.25, -0.2) is 0 Å². The molecule has 0 radical (unpaired) electrons. The number of hydrogen-bond acceptors (Lipinski definition) is 3. The smallest absolute Gasteiger partial charge is 0.191 e. The molecule has 72 valence electrons. The van der Waals surface area contributed by atoms with Crippen LogP contribution in [0.2, 0.25) is 5.02 Å². The van der Waals surface area contributed by atoms with Crippen molar-refractivity contribution in [2.24, 2.45) is 0 Å². The molecule has 2 nitrogen and oxygen atoms in total. The lowest BCUT2D eigenvalue weighted by Crippen LogP contribution is -1.79. The van der Waals surface area contributed by atoms with Gasteiger partial charge in [0.1, 0.15) is 11.3 Å². The first-order valence-corrected chi connectivity index (χ1v) is 4.79. The Labute approximate surface area is 90.7 Å². The van der Waals surface area contributed by atoms with Crippen molar-refractivity contribution in [1.29, 1.82) is 0 Å². The molecule has 2 rings (SSSR count). The highest BCUT2D eigenvalue weighted by atomic mass is 35.5. The largest absolute Gasteiger partial charge is 0.506 e. The fraction of sp³-hybridized carbons (Fsp3) is 0.100. The van der Waals surface area contributed by atoms with Crippen LogP contribution in [0.1, 0.15) is 5.56 Å². The zero-order valence-electron chi connectivity index (χ0n) is 7.37. The first-order chi connectivity index (χ1) is 6.58. The standard InChI is InChI=1S/C10H7ClO2S/c1-5-2-10(14)13-9-4-8(12)7(11)3-6(5)9/h2-4,12H,1H3. The van der Waals surface area contributed by atoms with Crippen molar-refractivity contribution in [3.8, 4) is 5.75 Å². The van der Waals surface area contributed by atoms with Crippen LogP contribution >= 0.6 is 23.8 Å². The third kappa shape index (κ3) is 1.49. The zero-order chi connectivity index (χ0) is 10.3. The maximum absolute atomic E-state index is 9.37. The molecule has 0 fully saturated rings. The first-order valence-electron chi connectivity index (χ1n) is 4.01. The van der Waals surface area contributed by atoms with Gasteiger partial charge in [-0.05, 0) is 36.8 Å². The quantitative estimate of drug-likeness (QED) is 0.693. The summed E-state index contributed by atoms with van der Waals surface area (Å²) in [5, 5.41) is 10.5. The maximum Gasteiger partial charge on any atom is 0.191 e. The Balaban J connectivity index is 2.96. The molecule has 4 heteroatoms. The average Bonchev–Trinajstić information content (AvgIpc) is 2.08. The van der Waals surface area contributed by atoms with E-state index in [1.165, 1.54) is 6.07 Å². The summed E-state index contributed by atoms with van der Waals surface area (Å²) in [6.45, 7) is 1.92. The van der Waals surface area contributed by atoms with E-state index >= 15 is 0 Å². The van der Waals surface area contributed by atoms with Crippen LogP contribution in [0.3, 0.4) is 0 Å². The van der Waals surface area contributed by atoms with Crippen LogP contribution < -0.4 is 0 Å². The second-order valence-electron chi connectivity index (χ2n) is 3.05. The monoisotopic (exact) mass is 226 g/mol. The van der Waals surface area contributed by atoms with Crippen molar-refractivity contribution in [3.05, 3.63) is 33.5 Å². The summed E-state index contributed by atoms with van der Waals surface area (Å²) in [5.41, 5.74) is 1.54. The molecule has 0 aliphatic rings. The zero-order valence-corrected chi connectivity index (χ0v) is 8.95. The Morgan fingerprint density at radius 3 is 2.79 bits per heavy atom. The van der Waals surface area contributed by atoms with Crippen molar-refractivity contribution in [2.75, 3.05) is 0 Å². The fourth-order valence-corrected chi connectivity index (χ4v) is 1.76. The van der Waals surface area contributed by atoms with E-state index < -0.39 is 0 Å². The third-order valence-electron chi connectivity index (χ3n) is 2.02. The molecule has 1 aromatic heterocycles. The van der Waals surface area contributed by atoms with Crippen LogP contribution in [0.4, 0.5) is 0 Å². The molecule has 1 N–H and O–H groups in total. The predicted molar refractivity (Wildman–Crippen MR) is 58.5 cm³/mol. The second kappa shape index (κ2) is 3.26. The van der Waals surface area contributed by atoms with Crippen molar-refractivity contribution >= 4 is 34.8 Å². The molecule has 0 unspecified atom stereocenters. The van der Waals surface area contributed by atoms with E-state index in [0.29, 0.717) is 15.3 Å². The van der Waals surface area contributed by atoms with Crippen LogP contribution in [0, 0.1) is 11.6 Å². The maximum atomic E-state index is 9.37. The van der Waals surface area contributed by atoms with Crippen molar-refractivity contribution in [1.82, 2.24) is 0 Å². The number of phenols is 1. The Hall–Kier alpha value is -1.06. The highest BCUT2D eigenvalue weighted by Crippen LogP contribution is 2.30. The van der Waals surface area contributed by atoms with E-state index in [1.807, 2.05) is 6.92 Å². The Kier molecular flexibility index (Phi) is 2.21. The number of aromatic hydroxyl groups is 1. The number of benzene rings is 1. The molecule has 0 saturated carbocycles. The molecule has 0 bridgehead atoms. The van der Waals surface area contributed by atoms with Gasteiger partial charge in [0.2, 0.25) is 0 Å². The minimum absolute atomic E-state index is 0.00270. The number of hydrogen-bond donors (Lipinski definition) is 1. The highest BCUT2D eigenvalue weighted by molar-refractivity contribution is 7.71. The van der Waals surface area contributed by atoms with Gasteiger partial charge in [0.25, 0.3) is 0 Å². The lowest BCUT2D eigenvalue weighted by atomic mass is 10.1. The molecule has 0 amide bonds. The van der Waals surface area contributed by atoms with Crippen LogP contribution in [-0.4, -0.2) is 5.11 Å². The van der Waals surface area contributed by atoms with Gasteiger partial charge in [0.15, 0.2) is 4.71 Å². The number of rotatable bonds is 0. The van der Waals surface area contributed by atoms with E-state index in [4.69, 9.17) is 28.2 Å². The number of aryl methyl sites for hydroxylation is 1.